The van der Waals surface area contributed by atoms with E-state index in [-0.39, 0.29) is 0 Å². The number of nitriles is 1. The fourth-order valence-electron chi connectivity index (χ4n) is 3.05. The number of hydrogen-bond donors (Lipinski definition) is 1. The van der Waals surface area contributed by atoms with Crippen LogP contribution in [0.3, 0.4) is 0 Å². The van der Waals surface area contributed by atoms with Crippen LogP contribution in [0.5, 0.6) is 0 Å². The summed E-state index contributed by atoms with van der Waals surface area (Å²) >= 11 is 7.45. The maximum atomic E-state index is 9.58. The number of rotatable bonds is 8. The van der Waals surface area contributed by atoms with E-state index in [1.807, 2.05) is 12.3 Å². The summed E-state index contributed by atoms with van der Waals surface area (Å²) in [5.74, 6) is 0.976. The van der Waals surface area contributed by atoms with Crippen LogP contribution in [0, 0.1) is 11.3 Å². The van der Waals surface area contributed by atoms with Crippen molar-refractivity contribution >= 4 is 35.1 Å². The molecule has 0 aromatic carbocycles. The minimum Gasteiger partial charge on any atom is -0.353 e. The number of nitrogens with zero attached hydrogens (tertiary/aromatic N) is 7. The first-order valence-corrected chi connectivity index (χ1v) is 12.5. The lowest BCUT2D eigenvalue weighted by atomic mass is 10.2. The van der Waals surface area contributed by atoms with Crippen molar-refractivity contribution < 1.29 is 0 Å². The predicted molar refractivity (Wildman–Crippen MR) is 138 cm³/mol. The molecule has 0 saturated carbocycles. The molecule has 1 aliphatic rings. The van der Waals surface area contributed by atoms with Crippen molar-refractivity contribution in [3.05, 3.63) is 47.2 Å². The van der Waals surface area contributed by atoms with Crippen LogP contribution in [0.1, 0.15) is 24.6 Å². The van der Waals surface area contributed by atoms with Gasteiger partial charge >= 0.3 is 0 Å². The first kappa shape index (κ1) is 26.9. The Kier molecular flexibility index (Phi) is 11.4. The van der Waals surface area contributed by atoms with Crippen LogP contribution in [-0.2, 0) is 6.42 Å². The zero-order valence-electron chi connectivity index (χ0n) is 19.9. The number of allylic oxidation sites excluding steroid dienone is 5. The molecule has 2 aromatic rings. The molecule has 3 heterocycles. The van der Waals surface area contributed by atoms with Crippen molar-refractivity contribution in [2.45, 2.75) is 24.8 Å². The molecule has 1 saturated heterocycles. The van der Waals surface area contributed by atoms with Crippen LogP contribution in [0.15, 0.2) is 40.9 Å². The lowest BCUT2D eigenvalue weighted by Gasteiger charge is -2.28. The van der Waals surface area contributed by atoms with Crippen LogP contribution in [0.25, 0.3) is 5.78 Å². The molecule has 3 rings (SSSR count). The Balaban J connectivity index is 0.000000405. The second-order valence-corrected chi connectivity index (χ2v) is 8.86. The van der Waals surface area contributed by atoms with Crippen molar-refractivity contribution in [2.24, 2.45) is 0 Å². The van der Waals surface area contributed by atoms with Gasteiger partial charge in [-0.2, -0.15) is 14.8 Å². The molecule has 0 aliphatic carbocycles. The van der Waals surface area contributed by atoms with Crippen molar-refractivity contribution in [1.29, 1.82) is 5.26 Å². The Bertz CT molecular complexity index is 1010. The van der Waals surface area contributed by atoms with E-state index < -0.39 is 0 Å². The van der Waals surface area contributed by atoms with Gasteiger partial charge < -0.3 is 15.1 Å². The number of fused-ring (bicyclic) bond motifs is 1. The zero-order valence-corrected chi connectivity index (χ0v) is 21.5. The van der Waals surface area contributed by atoms with E-state index >= 15 is 0 Å². The molecule has 0 radical (unpaired) electrons. The number of likely N-dealkylation sites (N-methyl/N-ethyl adjacent to an activating group) is 2. The van der Waals surface area contributed by atoms with Gasteiger partial charge in [0, 0.05) is 44.2 Å². The van der Waals surface area contributed by atoms with Gasteiger partial charge in [0.15, 0.2) is 0 Å². The van der Waals surface area contributed by atoms with Gasteiger partial charge in [0.05, 0.1) is 5.69 Å². The van der Waals surface area contributed by atoms with Crippen LogP contribution in [-0.4, -0.2) is 82.5 Å². The van der Waals surface area contributed by atoms with Crippen LogP contribution >= 0.6 is 23.4 Å². The van der Waals surface area contributed by atoms with Gasteiger partial charge in [0.25, 0.3) is 5.78 Å². The quantitative estimate of drug-likeness (QED) is 0.341. The third kappa shape index (κ3) is 8.16. The predicted octanol–water partition coefficient (Wildman–Crippen LogP) is 3.81. The zero-order chi connectivity index (χ0) is 24.2. The summed E-state index contributed by atoms with van der Waals surface area (Å²) in [7, 11) is 4.35. The van der Waals surface area contributed by atoms with Gasteiger partial charge in [0.2, 0.25) is 5.95 Å². The van der Waals surface area contributed by atoms with E-state index in [1.54, 1.807) is 22.7 Å². The average molecular weight is 489 g/mol. The van der Waals surface area contributed by atoms with E-state index in [4.69, 9.17) is 11.6 Å². The van der Waals surface area contributed by atoms with Crippen molar-refractivity contribution in [3.8, 4) is 6.07 Å². The summed E-state index contributed by atoms with van der Waals surface area (Å²) in [6.07, 6.45) is 10.3. The summed E-state index contributed by atoms with van der Waals surface area (Å²) in [5, 5.41) is 18.4. The highest BCUT2D eigenvalue weighted by Gasteiger charge is 2.17. The van der Waals surface area contributed by atoms with E-state index in [0.29, 0.717) is 33.8 Å². The Morgan fingerprint density at radius 3 is 2.45 bits per heavy atom. The van der Waals surface area contributed by atoms with Gasteiger partial charge in [-0.1, -0.05) is 37.3 Å². The number of nitrogens with one attached hydrogen (secondary N) is 1. The number of halogens is 1. The van der Waals surface area contributed by atoms with Gasteiger partial charge in [-0.25, -0.2) is 4.98 Å². The molecule has 1 N–H and O–H groups in total. The largest absolute Gasteiger partial charge is 0.353 e. The summed E-state index contributed by atoms with van der Waals surface area (Å²) in [4.78, 5) is 13.6. The molecule has 1 aliphatic heterocycles. The van der Waals surface area contributed by atoms with Crippen molar-refractivity contribution in [2.75, 3.05) is 58.4 Å². The first-order valence-electron chi connectivity index (χ1n) is 10.9. The van der Waals surface area contributed by atoms with Crippen molar-refractivity contribution in [1.82, 2.24) is 29.4 Å². The minimum atomic E-state index is 0.470. The fraction of sp³-hybridized carbons (Fsp3) is 0.478. The molecular weight excluding hydrogens is 456 g/mol. The smallest absolute Gasteiger partial charge is 0.255 e. The van der Waals surface area contributed by atoms with Crippen molar-refractivity contribution in [3.63, 3.8) is 0 Å². The average Bonchev–Trinajstić information content (AvgIpc) is 3.22. The molecule has 1 fully saturated rings. The standard InChI is InChI=1S/C17H19ClN6S.C6H14N2/c1-4-7-12(18)8-6-9-14-13(11-19)15(25-3)21-17-22-16(20-10-5-2)23-24(14)17;1-7-3-5-8(2)6-4-7/h4,6-8H,1,5,9-10H2,2-3H3,(H,20,23);3-6H2,1-2H3/b8-6-,12-7+;. The number of hydrogen-bond acceptors (Lipinski definition) is 8. The Labute approximate surface area is 206 Å². The second-order valence-electron chi connectivity index (χ2n) is 7.63. The first-order chi connectivity index (χ1) is 15.9. The molecule has 10 heteroatoms. The maximum absolute atomic E-state index is 9.58. The number of thioether (sulfide) groups is 1. The highest BCUT2D eigenvalue weighted by molar-refractivity contribution is 7.98. The van der Waals surface area contributed by atoms with Crippen LogP contribution in [0.4, 0.5) is 5.95 Å². The fourth-order valence-corrected chi connectivity index (χ4v) is 3.77. The maximum Gasteiger partial charge on any atom is 0.255 e. The van der Waals surface area contributed by atoms with Gasteiger partial charge in [0.1, 0.15) is 16.7 Å². The molecule has 2 aromatic heterocycles. The minimum absolute atomic E-state index is 0.470. The molecule has 0 amide bonds. The topological polar surface area (TPSA) is 85.4 Å². The lowest BCUT2D eigenvalue weighted by Crippen LogP contribution is -2.42. The molecular formula is C23H33ClN8S. The molecule has 0 spiro atoms. The lowest BCUT2D eigenvalue weighted by molar-refractivity contribution is 0.181. The third-order valence-corrected chi connectivity index (χ3v) is 5.91. The molecule has 178 valence electrons. The van der Waals surface area contributed by atoms with Gasteiger partial charge in [-0.3, -0.25) is 0 Å². The molecule has 0 unspecified atom stereocenters. The molecule has 33 heavy (non-hydrogen) atoms. The molecule has 0 atom stereocenters. The summed E-state index contributed by atoms with van der Waals surface area (Å²) in [5.41, 5.74) is 1.23. The van der Waals surface area contributed by atoms with Crippen LogP contribution in [0.2, 0.25) is 0 Å². The highest BCUT2D eigenvalue weighted by Crippen LogP contribution is 2.23. The molecule has 0 bridgehead atoms. The third-order valence-electron chi connectivity index (χ3n) is 4.98. The highest BCUT2D eigenvalue weighted by atomic mass is 35.5. The van der Waals surface area contributed by atoms with Gasteiger partial charge in [-0.15, -0.1) is 16.9 Å². The van der Waals surface area contributed by atoms with Gasteiger partial charge in [-0.05, 0) is 38.9 Å². The SMILES string of the molecule is C=C/C=C(Cl)\C=C/Cc1c(C#N)c(SC)nc2nc(NCCC)nn12.CN1CCN(C)CC1. The van der Waals surface area contributed by atoms with E-state index in [9.17, 15) is 5.26 Å². The second kappa shape index (κ2) is 14.0. The van der Waals surface area contributed by atoms with Crippen LogP contribution < -0.4 is 5.32 Å². The Hall–Kier alpha value is -2.38. The normalized spacial score (nSPS) is 15.3. The summed E-state index contributed by atoms with van der Waals surface area (Å²) < 4.78 is 1.62. The summed E-state index contributed by atoms with van der Waals surface area (Å²) in [6.45, 7) is 11.4. The van der Waals surface area contributed by atoms with E-state index in [2.05, 4.69) is 63.9 Å². The monoisotopic (exact) mass is 488 g/mol. The van der Waals surface area contributed by atoms with E-state index in [1.165, 1.54) is 37.9 Å². The number of aromatic nitrogens is 4. The number of piperazine rings is 1. The summed E-state index contributed by atoms with van der Waals surface area (Å²) in [6, 6.07) is 2.23. The van der Waals surface area contributed by atoms with E-state index in [0.717, 1.165) is 18.7 Å². The number of anilines is 1. The Morgan fingerprint density at radius 1 is 1.24 bits per heavy atom. The molecule has 8 nitrogen and oxygen atoms in total. The Morgan fingerprint density at radius 2 is 1.91 bits per heavy atom.